The number of benzene rings is 1. The van der Waals surface area contributed by atoms with Crippen molar-refractivity contribution in [2.24, 2.45) is 0 Å². The fourth-order valence-corrected chi connectivity index (χ4v) is 2.40. The molecule has 0 amide bonds. The van der Waals surface area contributed by atoms with E-state index in [2.05, 4.69) is 30.1 Å². The van der Waals surface area contributed by atoms with E-state index >= 15 is 0 Å². The van der Waals surface area contributed by atoms with Crippen LogP contribution >= 0.6 is 0 Å². The second kappa shape index (κ2) is 6.75. The number of phenolic OH excluding ortho intramolecular Hbond substituents is 1. The summed E-state index contributed by atoms with van der Waals surface area (Å²) in [7, 11) is 0. The first kappa shape index (κ1) is 14.9. The Hall–Kier alpha value is -1.55. The second-order valence-corrected chi connectivity index (χ2v) is 5.67. The summed E-state index contributed by atoms with van der Waals surface area (Å²) in [6, 6.07) is 4.84. The van der Waals surface area contributed by atoms with Crippen LogP contribution in [0.25, 0.3) is 0 Å². The zero-order valence-electron chi connectivity index (χ0n) is 12.2. The predicted octanol–water partition coefficient (Wildman–Crippen LogP) is 3.37. The number of aromatic hydroxyl groups is 1. The van der Waals surface area contributed by atoms with E-state index in [0.29, 0.717) is 6.04 Å². The topological polar surface area (TPSA) is 35.5 Å². The van der Waals surface area contributed by atoms with Crippen molar-refractivity contribution in [3.63, 3.8) is 0 Å². The molecule has 1 fully saturated rings. The number of nitrogens with one attached hydrogen (secondary N) is 1. The molecular weight excluding hydrogens is 255 g/mol. The van der Waals surface area contributed by atoms with Gasteiger partial charge in [0.25, 0.3) is 0 Å². The van der Waals surface area contributed by atoms with E-state index < -0.39 is 5.82 Å². The number of likely N-dealkylation sites (tertiary alicyclic amines) is 1. The first-order valence-corrected chi connectivity index (χ1v) is 7.15. The highest BCUT2D eigenvalue weighted by atomic mass is 19.1. The number of nitrogens with zero attached hydrogens (tertiary/aromatic N) is 1. The summed E-state index contributed by atoms with van der Waals surface area (Å²) >= 11 is 0. The average Bonchev–Trinajstić information content (AvgIpc) is 2.42. The summed E-state index contributed by atoms with van der Waals surface area (Å²) in [4.78, 5) is 2.43. The van der Waals surface area contributed by atoms with Crippen LogP contribution in [0.3, 0.4) is 0 Å². The van der Waals surface area contributed by atoms with Crippen molar-refractivity contribution in [3.8, 4) is 5.75 Å². The highest BCUT2D eigenvalue weighted by Gasteiger charge is 2.18. The molecule has 2 N–H and O–H groups in total. The quantitative estimate of drug-likeness (QED) is 0.655. The number of hydrogen-bond acceptors (Lipinski definition) is 3. The minimum Gasteiger partial charge on any atom is -0.505 e. The third kappa shape index (κ3) is 4.23. The SMILES string of the molecule is CC(C)=CCN1CCC(Nc2ccc(O)c(F)c2)CC1. The van der Waals surface area contributed by atoms with Crippen molar-refractivity contribution in [2.45, 2.75) is 32.7 Å². The van der Waals surface area contributed by atoms with Gasteiger partial charge in [0.1, 0.15) is 0 Å². The molecule has 1 aliphatic heterocycles. The number of anilines is 1. The number of phenols is 1. The third-order valence-electron chi connectivity index (χ3n) is 3.66. The lowest BCUT2D eigenvalue weighted by Gasteiger charge is -2.32. The Morgan fingerprint density at radius 2 is 2.10 bits per heavy atom. The maximum absolute atomic E-state index is 13.3. The predicted molar refractivity (Wildman–Crippen MR) is 80.6 cm³/mol. The van der Waals surface area contributed by atoms with Crippen LogP contribution in [-0.4, -0.2) is 35.7 Å². The molecule has 2 rings (SSSR count). The molecule has 0 bridgehead atoms. The van der Waals surface area contributed by atoms with Crippen molar-refractivity contribution in [3.05, 3.63) is 35.7 Å². The van der Waals surface area contributed by atoms with Crippen LogP contribution in [-0.2, 0) is 0 Å². The summed E-state index contributed by atoms with van der Waals surface area (Å²) in [5.74, 6) is -0.872. The summed E-state index contributed by atoms with van der Waals surface area (Å²) in [6.07, 6.45) is 4.36. The molecule has 1 aromatic carbocycles. The van der Waals surface area contributed by atoms with Gasteiger partial charge in [-0.2, -0.15) is 0 Å². The van der Waals surface area contributed by atoms with Crippen molar-refractivity contribution < 1.29 is 9.50 Å². The van der Waals surface area contributed by atoms with E-state index in [0.717, 1.165) is 38.2 Å². The Morgan fingerprint density at radius 3 is 2.70 bits per heavy atom. The standard InChI is InChI=1S/C16H23FN2O/c1-12(2)5-8-19-9-6-13(7-10-19)18-14-3-4-16(20)15(17)11-14/h3-5,11,13,18,20H,6-10H2,1-2H3. The van der Waals surface area contributed by atoms with Crippen LogP contribution < -0.4 is 5.32 Å². The first-order valence-electron chi connectivity index (χ1n) is 7.15. The molecular formula is C16H23FN2O. The first-order chi connectivity index (χ1) is 9.54. The van der Waals surface area contributed by atoms with Crippen molar-refractivity contribution in [1.82, 2.24) is 4.90 Å². The largest absolute Gasteiger partial charge is 0.505 e. The van der Waals surface area contributed by atoms with Crippen LogP contribution in [0.4, 0.5) is 10.1 Å². The molecule has 1 aromatic rings. The van der Waals surface area contributed by atoms with Gasteiger partial charge in [-0.1, -0.05) is 11.6 Å². The Kier molecular flexibility index (Phi) is 5.01. The molecule has 3 nitrogen and oxygen atoms in total. The van der Waals surface area contributed by atoms with Gasteiger partial charge in [-0.25, -0.2) is 4.39 Å². The Balaban J connectivity index is 1.82. The molecule has 0 aromatic heterocycles. The summed E-state index contributed by atoms with van der Waals surface area (Å²) in [5, 5.41) is 12.5. The molecule has 1 aliphatic rings. The van der Waals surface area contributed by atoms with E-state index in [4.69, 9.17) is 0 Å². The molecule has 4 heteroatoms. The van der Waals surface area contributed by atoms with Crippen LogP contribution in [0, 0.1) is 5.82 Å². The Bertz CT molecular complexity index is 475. The lowest BCUT2D eigenvalue weighted by Crippen LogP contribution is -2.39. The monoisotopic (exact) mass is 278 g/mol. The number of rotatable bonds is 4. The molecule has 20 heavy (non-hydrogen) atoms. The highest BCUT2D eigenvalue weighted by Crippen LogP contribution is 2.22. The van der Waals surface area contributed by atoms with Gasteiger partial charge < -0.3 is 10.4 Å². The summed E-state index contributed by atoms with van der Waals surface area (Å²) in [5.41, 5.74) is 2.09. The average molecular weight is 278 g/mol. The number of piperidine rings is 1. The van der Waals surface area contributed by atoms with Crippen LogP contribution in [0.15, 0.2) is 29.8 Å². The number of hydrogen-bond donors (Lipinski definition) is 2. The Morgan fingerprint density at radius 1 is 1.40 bits per heavy atom. The van der Waals surface area contributed by atoms with Gasteiger partial charge >= 0.3 is 0 Å². The van der Waals surface area contributed by atoms with E-state index in [1.54, 1.807) is 6.07 Å². The second-order valence-electron chi connectivity index (χ2n) is 5.67. The minimum atomic E-state index is -0.573. The van der Waals surface area contributed by atoms with Gasteiger partial charge in [0.15, 0.2) is 11.6 Å². The zero-order chi connectivity index (χ0) is 14.5. The maximum atomic E-state index is 13.3. The normalized spacial score (nSPS) is 16.9. The fourth-order valence-electron chi connectivity index (χ4n) is 2.40. The number of halogens is 1. The minimum absolute atomic E-state index is 0.299. The van der Waals surface area contributed by atoms with Crippen molar-refractivity contribution in [2.75, 3.05) is 25.0 Å². The van der Waals surface area contributed by atoms with Gasteiger partial charge in [0.05, 0.1) is 0 Å². The van der Waals surface area contributed by atoms with E-state index in [-0.39, 0.29) is 5.75 Å². The molecule has 0 radical (unpaired) electrons. The van der Waals surface area contributed by atoms with Gasteiger partial charge in [0, 0.05) is 37.4 Å². The lowest BCUT2D eigenvalue weighted by atomic mass is 10.0. The lowest BCUT2D eigenvalue weighted by molar-refractivity contribution is 0.240. The molecule has 1 saturated heterocycles. The van der Waals surface area contributed by atoms with E-state index in [1.165, 1.54) is 17.7 Å². The molecule has 1 heterocycles. The highest BCUT2D eigenvalue weighted by molar-refractivity contribution is 5.47. The maximum Gasteiger partial charge on any atom is 0.166 e. The van der Waals surface area contributed by atoms with E-state index in [1.807, 2.05) is 0 Å². The molecule has 0 aliphatic carbocycles. The molecule has 0 saturated carbocycles. The molecule has 0 spiro atoms. The van der Waals surface area contributed by atoms with E-state index in [9.17, 15) is 9.50 Å². The fraction of sp³-hybridized carbons (Fsp3) is 0.500. The summed E-state index contributed by atoms with van der Waals surface area (Å²) < 4.78 is 13.3. The van der Waals surface area contributed by atoms with Crippen molar-refractivity contribution in [1.29, 1.82) is 0 Å². The number of allylic oxidation sites excluding steroid dienone is 1. The van der Waals surface area contributed by atoms with Gasteiger partial charge in [-0.3, -0.25) is 4.90 Å². The zero-order valence-corrected chi connectivity index (χ0v) is 12.2. The molecule has 110 valence electrons. The third-order valence-corrected chi connectivity index (χ3v) is 3.66. The van der Waals surface area contributed by atoms with Crippen LogP contribution in [0.2, 0.25) is 0 Å². The van der Waals surface area contributed by atoms with Gasteiger partial charge in [-0.15, -0.1) is 0 Å². The Labute approximate surface area is 120 Å². The van der Waals surface area contributed by atoms with Crippen LogP contribution in [0.5, 0.6) is 5.75 Å². The molecule has 0 atom stereocenters. The van der Waals surface area contributed by atoms with Gasteiger partial charge in [0.2, 0.25) is 0 Å². The van der Waals surface area contributed by atoms with Gasteiger partial charge in [-0.05, 0) is 38.8 Å². The summed E-state index contributed by atoms with van der Waals surface area (Å²) in [6.45, 7) is 7.37. The van der Waals surface area contributed by atoms with Crippen LogP contribution in [0.1, 0.15) is 26.7 Å². The smallest absolute Gasteiger partial charge is 0.166 e. The molecule has 0 unspecified atom stereocenters. The van der Waals surface area contributed by atoms with Crippen molar-refractivity contribution >= 4 is 5.69 Å².